The number of benzene rings is 1. The summed E-state index contributed by atoms with van der Waals surface area (Å²) in [6, 6.07) is 10.3. The van der Waals surface area contributed by atoms with E-state index in [2.05, 4.69) is 46.6 Å². The number of guanidine groups is 1. The number of hydrogen-bond acceptors (Lipinski definition) is 4. The van der Waals surface area contributed by atoms with Crippen LogP contribution < -0.4 is 5.32 Å². The number of thiazole rings is 1. The number of halogens is 1. The van der Waals surface area contributed by atoms with E-state index in [0.29, 0.717) is 6.54 Å². The predicted molar refractivity (Wildman–Crippen MR) is 121 cm³/mol. The number of nitrogens with one attached hydrogen (secondary N) is 1. The van der Waals surface area contributed by atoms with Crippen LogP contribution in [0.25, 0.3) is 11.3 Å². The van der Waals surface area contributed by atoms with E-state index in [9.17, 15) is 0 Å². The van der Waals surface area contributed by atoms with Gasteiger partial charge < -0.3 is 10.2 Å². The third-order valence-electron chi connectivity index (χ3n) is 3.96. The Morgan fingerprint density at radius 2 is 2.08 bits per heavy atom. The molecule has 0 bridgehead atoms. The Bertz CT molecular complexity index is 700. The van der Waals surface area contributed by atoms with Gasteiger partial charge in [0.1, 0.15) is 5.01 Å². The van der Waals surface area contributed by atoms with Gasteiger partial charge in [0, 0.05) is 41.6 Å². The van der Waals surface area contributed by atoms with Crippen LogP contribution in [0.5, 0.6) is 0 Å². The molecule has 7 heteroatoms. The van der Waals surface area contributed by atoms with Gasteiger partial charge in [-0.25, -0.2) is 4.98 Å². The molecule has 25 heavy (non-hydrogen) atoms. The van der Waals surface area contributed by atoms with E-state index in [1.54, 1.807) is 11.3 Å². The Morgan fingerprint density at radius 1 is 1.32 bits per heavy atom. The molecule has 0 radical (unpaired) electrons. The molecular formula is C18H25IN4S2. The maximum Gasteiger partial charge on any atom is 0.194 e. The highest BCUT2D eigenvalue weighted by atomic mass is 127. The summed E-state index contributed by atoms with van der Waals surface area (Å²) in [5.41, 5.74) is 2.21. The summed E-state index contributed by atoms with van der Waals surface area (Å²) in [6.45, 7) is 7.37. The number of hydrogen-bond donors (Lipinski definition) is 1. The zero-order valence-corrected chi connectivity index (χ0v) is 18.8. The molecule has 1 aromatic carbocycles. The average molecular weight is 488 g/mol. The molecule has 1 saturated heterocycles. The van der Waals surface area contributed by atoms with Crippen LogP contribution in [-0.4, -0.2) is 46.5 Å². The Kier molecular flexibility index (Phi) is 7.57. The fraction of sp³-hybridized carbons (Fsp3) is 0.444. The fourth-order valence-corrected chi connectivity index (χ4v) is 4.67. The molecule has 0 atom stereocenters. The van der Waals surface area contributed by atoms with Gasteiger partial charge in [0.2, 0.25) is 0 Å². The summed E-state index contributed by atoms with van der Waals surface area (Å²) in [6.07, 6.45) is 0. The van der Waals surface area contributed by atoms with Crippen molar-refractivity contribution in [3.05, 3.63) is 40.7 Å². The highest BCUT2D eigenvalue weighted by molar-refractivity contribution is 14.0. The molecule has 0 aliphatic carbocycles. The lowest BCUT2D eigenvalue weighted by atomic mass is 10.2. The van der Waals surface area contributed by atoms with Crippen molar-refractivity contribution in [3.63, 3.8) is 0 Å². The normalized spacial score (nSPS) is 17.1. The third-order valence-corrected chi connectivity index (χ3v) is 6.10. The summed E-state index contributed by atoms with van der Waals surface area (Å²) in [7, 11) is 1.86. The zero-order chi connectivity index (χ0) is 17.0. The Hall–Kier alpha value is -0.800. The molecule has 4 nitrogen and oxygen atoms in total. The Morgan fingerprint density at radius 3 is 2.76 bits per heavy atom. The van der Waals surface area contributed by atoms with Crippen LogP contribution in [0.4, 0.5) is 0 Å². The molecular weight excluding hydrogens is 463 g/mol. The number of nitrogens with zero attached hydrogens (tertiary/aromatic N) is 3. The van der Waals surface area contributed by atoms with Crippen molar-refractivity contribution >= 4 is 53.0 Å². The number of thioether (sulfide) groups is 1. The minimum Gasteiger partial charge on any atom is -0.350 e. The number of rotatable bonds is 3. The van der Waals surface area contributed by atoms with Crippen molar-refractivity contribution in [1.82, 2.24) is 15.2 Å². The van der Waals surface area contributed by atoms with Crippen molar-refractivity contribution in [2.45, 2.75) is 25.1 Å². The van der Waals surface area contributed by atoms with Crippen LogP contribution in [0.2, 0.25) is 0 Å². The molecule has 1 aliphatic rings. The van der Waals surface area contributed by atoms with Crippen LogP contribution in [0, 0.1) is 0 Å². The fourth-order valence-electron chi connectivity index (χ4n) is 2.82. The SMILES string of the molecule is CN=C(NCc1nc(-c2ccccc2)cs1)N1CCSC(C)(C)C1.I. The Labute approximate surface area is 175 Å². The molecule has 1 fully saturated rings. The first kappa shape index (κ1) is 20.5. The van der Waals surface area contributed by atoms with Crippen LogP contribution in [0.1, 0.15) is 18.9 Å². The van der Waals surface area contributed by atoms with Crippen molar-refractivity contribution in [3.8, 4) is 11.3 Å². The van der Waals surface area contributed by atoms with Gasteiger partial charge in [-0.05, 0) is 13.8 Å². The summed E-state index contributed by atoms with van der Waals surface area (Å²) in [5, 5.41) is 6.68. The lowest BCUT2D eigenvalue weighted by Crippen LogP contribution is -2.50. The standard InChI is InChI=1S/C18H24N4S2.HI/c1-18(2)13-22(9-10-24-18)17(19-3)20-11-16-21-15(12-23-16)14-7-5-4-6-8-14;/h4-8,12H,9-11,13H2,1-3H3,(H,19,20);1H. The molecule has 0 amide bonds. The minimum absolute atomic E-state index is 0. The molecule has 0 unspecified atom stereocenters. The molecule has 3 rings (SSSR count). The summed E-state index contributed by atoms with van der Waals surface area (Å²) in [5.74, 6) is 2.11. The maximum absolute atomic E-state index is 4.74. The quantitative estimate of drug-likeness (QED) is 0.397. The van der Waals surface area contributed by atoms with E-state index in [1.165, 1.54) is 5.56 Å². The number of aliphatic imine (C=N–C) groups is 1. The topological polar surface area (TPSA) is 40.5 Å². The van der Waals surface area contributed by atoms with Gasteiger partial charge in [0.15, 0.2) is 5.96 Å². The van der Waals surface area contributed by atoms with E-state index in [0.717, 1.165) is 35.5 Å². The van der Waals surface area contributed by atoms with Gasteiger partial charge in [-0.1, -0.05) is 30.3 Å². The molecule has 1 N–H and O–H groups in total. The maximum atomic E-state index is 4.74. The molecule has 1 aliphatic heterocycles. The van der Waals surface area contributed by atoms with Gasteiger partial charge in [-0.3, -0.25) is 4.99 Å². The molecule has 2 aromatic rings. The van der Waals surface area contributed by atoms with Gasteiger partial charge in [-0.2, -0.15) is 11.8 Å². The highest BCUT2D eigenvalue weighted by Gasteiger charge is 2.28. The third kappa shape index (κ3) is 5.59. The van der Waals surface area contributed by atoms with Gasteiger partial charge in [-0.15, -0.1) is 35.3 Å². The van der Waals surface area contributed by atoms with Gasteiger partial charge >= 0.3 is 0 Å². The molecule has 2 heterocycles. The van der Waals surface area contributed by atoms with Crippen molar-refractivity contribution in [2.24, 2.45) is 4.99 Å². The average Bonchev–Trinajstić information content (AvgIpc) is 3.04. The largest absolute Gasteiger partial charge is 0.350 e. The van der Waals surface area contributed by atoms with Crippen LogP contribution in [0.3, 0.4) is 0 Å². The lowest BCUT2D eigenvalue weighted by Gasteiger charge is -2.39. The minimum atomic E-state index is 0. The second-order valence-corrected chi connectivity index (χ2v) is 9.17. The first-order valence-electron chi connectivity index (χ1n) is 8.17. The van der Waals surface area contributed by atoms with Crippen LogP contribution in [-0.2, 0) is 6.54 Å². The van der Waals surface area contributed by atoms with E-state index in [4.69, 9.17) is 4.98 Å². The van der Waals surface area contributed by atoms with E-state index < -0.39 is 0 Å². The van der Waals surface area contributed by atoms with E-state index in [1.807, 2.05) is 37.0 Å². The van der Waals surface area contributed by atoms with Crippen molar-refractivity contribution < 1.29 is 0 Å². The molecule has 1 aromatic heterocycles. The van der Waals surface area contributed by atoms with E-state index >= 15 is 0 Å². The first-order chi connectivity index (χ1) is 11.6. The second-order valence-electron chi connectivity index (χ2n) is 6.42. The molecule has 136 valence electrons. The lowest BCUT2D eigenvalue weighted by molar-refractivity contribution is 0.375. The molecule has 0 saturated carbocycles. The highest BCUT2D eigenvalue weighted by Crippen LogP contribution is 2.29. The van der Waals surface area contributed by atoms with E-state index in [-0.39, 0.29) is 28.7 Å². The Balaban J connectivity index is 0.00000225. The monoisotopic (exact) mass is 488 g/mol. The van der Waals surface area contributed by atoms with Gasteiger partial charge in [0.05, 0.1) is 12.2 Å². The predicted octanol–water partition coefficient (Wildman–Crippen LogP) is 4.33. The smallest absolute Gasteiger partial charge is 0.194 e. The second kappa shape index (κ2) is 9.23. The van der Waals surface area contributed by atoms with Gasteiger partial charge in [0.25, 0.3) is 0 Å². The van der Waals surface area contributed by atoms with Crippen LogP contribution >= 0.6 is 47.1 Å². The zero-order valence-electron chi connectivity index (χ0n) is 14.9. The molecule has 0 spiro atoms. The van der Waals surface area contributed by atoms with Crippen molar-refractivity contribution in [2.75, 3.05) is 25.9 Å². The first-order valence-corrected chi connectivity index (χ1v) is 10.0. The number of aromatic nitrogens is 1. The summed E-state index contributed by atoms with van der Waals surface area (Å²) in [4.78, 5) is 11.5. The van der Waals surface area contributed by atoms with Crippen LogP contribution in [0.15, 0.2) is 40.7 Å². The summed E-state index contributed by atoms with van der Waals surface area (Å²) >= 11 is 3.72. The summed E-state index contributed by atoms with van der Waals surface area (Å²) < 4.78 is 0.275. The van der Waals surface area contributed by atoms with Crippen molar-refractivity contribution in [1.29, 1.82) is 0 Å².